The molecule has 2 heterocycles. The van der Waals surface area contributed by atoms with Gasteiger partial charge in [-0.15, -0.1) is 0 Å². The van der Waals surface area contributed by atoms with Gasteiger partial charge in [0.2, 0.25) is 10.0 Å². The van der Waals surface area contributed by atoms with Crippen molar-refractivity contribution in [2.75, 3.05) is 20.3 Å². The van der Waals surface area contributed by atoms with Crippen molar-refractivity contribution in [1.82, 2.24) is 4.72 Å². The largest absolute Gasteiger partial charge is 0.496 e. The van der Waals surface area contributed by atoms with Crippen LogP contribution in [0.2, 0.25) is 0 Å². The van der Waals surface area contributed by atoms with Crippen molar-refractivity contribution in [2.45, 2.75) is 54.9 Å². The Kier molecular flexibility index (Phi) is 4.49. The highest BCUT2D eigenvalue weighted by atomic mass is 32.2. The molecule has 3 aliphatic rings. The number of hydrogen-bond donors (Lipinski definition) is 2. The van der Waals surface area contributed by atoms with Crippen LogP contribution in [0.5, 0.6) is 5.75 Å². The SMILES string of the molecule is COc1ccc(S(=O)(=O)N[C@@H]2CO[C@H]3[C@@H]2OC[C@H]3O)c2c1CCCC2. The summed E-state index contributed by atoms with van der Waals surface area (Å²) >= 11 is 0. The summed E-state index contributed by atoms with van der Waals surface area (Å²) in [6.45, 7) is 0.370. The van der Waals surface area contributed by atoms with Crippen LogP contribution in [0.25, 0.3) is 0 Å². The van der Waals surface area contributed by atoms with Crippen LogP contribution in [-0.2, 0) is 32.3 Å². The highest BCUT2D eigenvalue weighted by Crippen LogP contribution is 2.35. The molecule has 1 aliphatic carbocycles. The summed E-state index contributed by atoms with van der Waals surface area (Å²) in [5.74, 6) is 0.750. The number of ether oxygens (including phenoxy) is 3. The molecular formula is C17H23NO6S. The molecule has 4 atom stereocenters. The number of aliphatic hydroxyl groups is 1. The van der Waals surface area contributed by atoms with Gasteiger partial charge in [-0.3, -0.25) is 0 Å². The third kappa shape index (κ3) is 2.96. The zero-order chi connectivity index (χ0) is 17.6. The quantitative estimate of drug-likeness (QED) is 0.797. The second-order valence-corrected chi connectivity index (χ2v) is 8.50. The first kappa shape index (κ1) is 17.2. The maximum absolute atomic E-state index is 13.0. The molecule has 0 radical (unpaired) electrons. The predicted molar refractivity (Wildman–Crippen MR) is 89.2 cm³/mol. The summed E-state index contributed by atoms with van der Waals surface area (Å²) in [5, 5.41) is 9.81. The fourth-order valence-corrected chi connectivity index (χ4v) is 5.61. The molecule has 138 valence electrons. The zero-order valence-corrected chi connectivity index (χ0v) is 14.9. The van der Waals surface area contributed by atoms with Crippen LogP contribution in [0.4, 0.5) is 0 Å². The van der Waals surface area contributed by atoms with Crippen molar-refractivity contribution in [2.24, 2.45) is 0 Å². The topological polar surface area (TPSA) is 94.1 Å². The van der Waals surface area contributed by atoms with Crippen molar-refractivity contribution in [3.63, 3.8) is 0 Å². The highest BCUT2D eigenvalue weighted by Gasteiger charge is 2.48. The van der Waals surface area contributed by atoms with Gasteiger partial charge in [0.05, 0.1) is 31.3 Å². The molecule has 2 fully saturated rings. The van der Waals surface area contributed by atoms with E-state index in [4.69, 9.17) is 14.2 Å². The fourth-order valence-electron chi connectivity index (χ4n) is 4.09. The lowest BCUT2D eigenvalue weighted by Gasteiger charge is -2.23. The number of sulfonamides is 1. The molecule has 0 unspecified atom stereocenters. The second-order valence-electron chi connectivity index (χ2n) is 6.82. The Labute approximate surface area is 147 Å². The van der Waals surface area contributed by atoms with Crippen LogP contribution in [0.15, 0.2) is 17.0 Å². The molecule has 0 amide bonds. The molecule has 8 heteroatoms. The molecule has 7 nitrogen and oxygen atoms in total. The monoisotopic (exact) mass is 369 g/mol. The first-order valence-corrected chi connectivity index (χ1v) is 10.1. The average molecular weight is 369 g/mol. The van der Waals surface area contributed by atoms with Gasteiger partial charge < -0.3 is 19.3 Å². The van der Waals surface area contributed by atoms with Gasteiger partial charge >= 0.3 is 0 Å². The minimum atomic E-state index is -3.71. The Balaban J connectivity index is 1.63. The summed E-state index contributed by atoms with van der Waals surface area (Å²) in [6, 6.07) is 2.85. The Morgan fingerprint density at radius 3 is 2.60 bits per heavy atom. The summed E-state index contributed by atoms with van der Waals surface area (Å²) in [4.78, 5) is 0.310. The molecule has 2 N–H and O–H groups in total. The van der Waals surface area contributed by atoms with E-state index in [1.165, 1.54) is 0 Å². The molecule has 0 saturated carbocycles. The Hall–Kier alpha value is -1.19. The highest BCUT2D eigenvalue weighted by molar-refractivity contribution is 7.89. The Bertz CT molecular complexity index is 765. The first-order valence-electron chi connectivity index (χ1n) is 8.63. The fraction of sp³-hybridized carbons (Fsp3) is 0.647. The molecule has 1 aromatic rings. The van der Waals surface area contributed by atoms with Crippen molar-refractivity contribution in [3.05, 3.63) is 23.3 Å². The smallest absolute Gasteiger partial charge is 0.241 e. The summed E-state index contributed by atoms with van der Waals surface area (Å²) in [5.41, 5.74) is 1.84. The maximum Gasteiger partial charge on any atom is 0.241 e. The molecular weight excluding hydrogens is 346 g/mol. The van der Waals surface area contributed by atoms with Crippen molar-refractivity contribution >= 4 is 10.0 Å². The second kappa shape index (κ2) is 6.51. The van der Waals surface area contributed by atoms with E-state index in [1.807, 2.05) is 0 Å². The third-order valence-corrected chi connectivity index (χ3v) is 6.87. The lowest BCUT2D eigenvalue weighted by atomic mass is 9.91. The average Bonchev–Trinajstić information content (AvgIpc) is 3.17. The summed E-state index contributed by atoms with van der Waals surface area (Å²) in [7, 11) is -2.11. The first-order chi connectivity index (χ1) is 12.0. The van der Waals surface area contributed by atoms with E-state index in [9.17, 15) is 13.5 Å². The van der Waals surface area contributed by atoms with Gasteiger partial charge in [-0.2, -0.15) is 0 Å². The van der Waals surface area contributed by atoms with Gasteiger partial charge in [0.25, 0.3) is 0 Å². The number of rotatable bonds is 4. The number of fused-ring (bicyclic) bond motifs is 2. The number of aliphatic hydroxyl groups excluding tert-OH is 1. The van der Waals surface area contributed by atoms with Crippen LogP contribution in [0.3, 0.4) is 0 Å². The summed E-state index contributed by atoms with van der Waals surface area (Å²) < 4.78 is 45.2. The van der Waals surface area contributed by atoms with Gasteiger partial charge in [0.15, 0.2) is 0 Å². The number of methoxy groups -OCH3 is 1. The molecule has 25 heavy (non-hydrogen) atoms. The van der Waals surface area contributed by atoms with Crippen LogP contribution < -0.4 is 9.46 Å². The van der Waals surface area contributed by atoms with Gasteiger partial charge in [0.1, 0.15) is 24.1 Å². The number of nitrogens with one attached hydrogen (secondary N) is 1. The molecule has 2 aliphatic heterocycles. The predicted octanol–water partition coefficient (Wildman–Crippen LogP) is 0.379. The zero-order valence-electron chi connectivity index (χ0n) is 14.1. The van der Waals surface area contributed by atoms with E-state index in [2.05, 4.69) is 4.72 Å². The van der Waals surface area contributed by atoms with Gasteiger partial charge in [-0.05, 0) is 48.9 Å². The lowest BCUT2D eigenvalue weighted by molar-refractivity contribution is 0.0181. The van der Waals surface area contributed by atoms with Crippen molar-refractivity contribution in [1.29, 1.82) is 0 Å². The van der Waals surface area contributed by atoms with Gasteiger partial charge in [-0.25, -0.2) is 13.1 Å². The standard InChI is InChI=1S/C17H23NO6S/c1-22-14-6-7-15(11-5-3-2-4-10(11)14)25(20,21)18-12-8-23-17-13(19)9-24-16(12)17/h6-7,12-13,16-19H,2-5,8-9H2,1H3/t12-,13-,16-,17-/m1/s1. The van der Waals surface area contributed by atoms with E-state index < -0.39 is 34.4 Å². The lowest BCUT2D eigenvalue weighted by Crippen LogP contribution is -2.44. The third-order valence-electron chi connectivity index (χ3n) is 5.29. The van der Waals surface area contributed by atoms with Gasteiger partial charge in [-0.1, -0.05) is 0 Å². The van der Waals surface area contributed by atoms with E-state index in [-0.39, 0.29) is 13.2 Å². The van der Waals surface area contributed by atoms with E-state index >= 15 is 0 Å². The Morgan fingerprint density at radius 2 is 1.84 bits per heavy atom. The number of benzene rings is 1. The molecule has 1 aromatic carbocycles. The molecule has 0 bridgehead atoms. The van der Waals surface area contributed by atoms with Crippen LogP contribution in [0.1, 0.15) is 24.0 Å². The molecule has 2 saturated heterocycles. The molecule has 0 spiro atoms. The van der Waals surface area contributed by atoms with Crippen LogP contribution in [0, 0.1) is 0 Å². The number of hydrogen-bond acceptors (Lipinski definition) is 6. The minimum Gasteiger partial charge on any atom is -0.496 e. The minimum absolute atomic E-state index is 0.172. The maximum atomic E-state index is 13.0. The normalized spacial score (nSPS) is 31.6. The summed E-state index contributed by atoms with van der Waals surface area (Å²) in [6.07, 6.45) is 1.95. The van der Waals surface area contributed by atoms with Crippen molar-refractivity contribution in [3.8, 4) is 5.75 Å². The van der Waals surface area contributed by atoms with Crippen LogP contribution in [-0.4, -0.2) is 58.2 Å². The molecule has 0 aromatic heterocycles. The van der Waals surface area contributed by atoms with Crippen LogP contribution >= 0.6 is 0 Å². The van der Waals surface area contributed by atoms with E-state index in [0.29, 0.717) is 4.90 Å². The van der Waals surface area contributed by atoms with E-state index in [0.717, 1.165) is 42.6 Å². The molecule has 4 rings (SSSR count). The van der Waals surface area contributed by atoms with Gasteiger partial charge in [0, 0.05) is 0 Å². The Morgan fingerprint density at radius 1 is 1.12 bits per heavy atom. The van der Waals surface area contributed by atoms with Crippen molar-refractivity contribution < 1.29 is 27.7 Å². The van der Waals surface area contributed by atoms with E-state index in [1.54, 1.807) is 19.2 Å².